The molecule has 1 aromatic heterocycles. The lowest BCUT2D eigenvalue weighted by Crippen LogP contribution is -2.09. The number of anilines is 2. The Hall–Kier alpha value is -4.83. The van der Waals surface area contributed by atoms with E-state index >= 15 is 0 Å². The molecule has 37 heavy (non-hydrogen) atoms. The predicted octanol–water partition coefficient (Wildman–Crippen LogP) is 8.03. The summed E-state index contributed by atoms with van der Waals surface area (Å²) in [7, 11) is 2.10. The van der Waals surface area contributed by atoms with Crippen molar-refractivity contribution in [2.45, 2.75) is 6.42 Å². The summed E-state index contributed by atoms with van der Waals surface area (Å²) >= 11 is 0. The van der Waals surface area contributed by atoms with E-state index in [0.29, 0.717) is 17.5 Å². The zero-order valence-corrected chi connectivity index (χ0v) is 20.6. The van der Waals surface area contributed by atoms with Gasteiger partial charge in [0.2, 0.25) is 0 Å². The highest BCUT2D eigenvalue weighted by Crippen LogP contribution is 2.32. The fourth-order valence-corrected chi connectivity index (χ4v) is 4.57. The summed E-state index contributed by atoms with van der Waals surface area (Å²) in [4.78, 5) is 16.8. The first kappa shape index (κ1) is 22.6. The number of hydrogen-bond donors (Lipinski definition) is 0. The molecule has 4 nitrogen and oxygen atoms in total. The summed E-state index contributed by atoms with van der Waals surface area (Å²) in [5.41, 5.74) is 5.18. The fraction of sp³-hybridized carbons (Fsp3) is 0.0606. The molecule has 0 saturated heterocycles. The van der Waals surface area contributed by atoms with E-state index in [0.717, 1.165) is 28.8 Å². The zero-order valence-electron chi connectivity index (χ0n) is 20.6. The summed E-state index contributed by atoms with van der Waals surface area (Å²) in [5.74, 6) is 2.01. The van der Waals surface area contributed by atoms with Crippen LogP contribution in [-0.2, 0) is 0 Å². The van der Waals surface area contributed by atoms with E-state index in [4.69, 9.17) is 15.0 Å². The predicted molar refractivity (Wildman–Crippen MR) is 154 cm³/mol. The van der Waals surface area contributed by atoms with Gasteiger partial charge in [0.15, 0.2) is 17.5 Å². The molecule has 178 valence electrons. The molecule has 0 N–H and O–H groups in total. The molecule has 0 spiro atoms. The van der Waals surface area contributed by atoms with Crippen LogP contribution >= 0.6 is 0 Å². The van der Waals surface area contributed by atoms with Gasteiger partial charge >= 0.3 is 0 Å². The second-order valence-corrected chi connectivity index (χ2v) is 8.96. The number of rotatable bonds is 5. The minimum Gasteiger partial charge on any atom is -0.344 e. The van der Waals surface area contributed by atoms with Gasteiger partial charge in [0.1, 0.15) is 0 Å². The second-order valence-electron chi connectivity index (χ2n) is 8.96. The first-order valence-corrected chi connectivity index (χ1v) is 12.4. The molecule has 1 aliphatic rings. The molecule has 5 aromatic rings. The summed E-state index contributed by atoms with van der Waals surface area (Å²) in [6.07, 6.45) is 11.3. The Morgan fingerprint density at radius 3 is 2.11 bits per heavy atom. The molecule has 0 saturated carbocycles. The topological polar surface area (TPSA) is 41.9 Å². The number of nitrogens with zero attached hydrogens (tertiary/aromatic N) is 4. The van der Waals surface area contributed by atoms with Crippen molar-refractivity contribution >= 4 is 27.7 Å². The van der Waals surface area contributed by atoms with Crippen molar-refractivity contribution in [3.63, 3.8) is 0 Å². The lowest BCUT2D eigenvalue weighted by atomic mass is 10.1. The number of benzene rings is 4. The van der Waals surface area contributed by atoms with Crippen molar-refractivity contribution in [1.82, 2.24) is 15.0 Å². The highest BCUT2D eigenvalue weighted by molar-refractivity contribution is 5.96. The monoisotopic (exact) mass is 478 g/mol. The van der Waals surface area contributed by atoms with E-state index in [-0.39, 0.29) is 0 Å². The molecule has 0 aliphatic heterocycles. The van der Waals surface area contributed by atoms with Crippen LogP contribution in [0.2, 0.25) is 0 Å². The molecule has 0 amide bonds. The van der Waals surface area contributed by atoms with E-state index in [9.17, 15) is 0 Å². The molecule has 1 heterocycles. The van der Waals surface area contributed by atoms with Crippen molar-refractivity contribution < 1.29 is 0 Å². The maximum absolute atomic E-state index is 4.88. The smallest absolute Gasteiger partial charge is 0.164 e. The largest absolute Gasteiger partial charge is 0.344 e. The van der Waals surface area contributed by atoms with Crippen LogP contribution in [0.4, 0.5) is 11.4 Å². The highest BCUT2D eigenvalue weighted by Gasteiger charge is 2.14. The molecule has 1 aliphatic carbocycles. The standard InChI is InChI=1S/C33H26N4/c1-37(30-19-11-17-24-12-9-10-18-29(24)30)28-22-20-27(21-23-28)33-35-31(25-13-5-2-3-6-14-25)34-32(36-33)26-15-7-4-8-16-26/h2-5,7-23H,6H2,1H3. The first-order valence-electron chi connectivity index (χ1n) is 12.4. The molecule has 0 fully saturated rings. The van der Waals surface area contributed by atoms with Crippen LogP contribution in [0.25, 0.3) is 39.1 Å². The van der Waals surface area contributed by atoms with E-state index in [1.54, 1.807) is 0 Å². The van der Waals surface area contributed by atoms with Gasteiger partial charge in [0.05, 0.1) is 0 Å². The Morgan fingerprint density at radius 1 is 0.622 bits per heavy atom. The summed E-state index contributed by atoms with van der Waals surface area (Å²) in [6, 6.07) is 33.4. The van der Waals surface area contributed by atoms with Crippen LogP contribution in [0, 0.1) is 0 Å². The van der Waals surface area contributed by atoms with Crippen molar-refractivity contribution in [2.75, 3.05) is 11.9 Å². The third-order valence-electron chi connectivity index (χ3n) is 6.56. The van der Waals surface area contributed by atoms with Crippen LogP contribution < -0.4 is 4.90 Å². The maximum Gasteiger partial charge on any atom is 0.164 e. The average Bonchev–Trinajstić information content (AvgIpc) is 3.27. The van der Waals surface area contributed by atoms with Crippen molar-refractivity contribution in [1.29, 1.82) is 0 Å². The lowest BCUT2D eigenvalue weighted by Gasteiger charge is -2.21. The summed E-state index contributed by atoms with van der Waals surface area (Å²) in [5, 5.41) is 2.46. The van der Waals surface area contributed by atoms with Crippen LogP contribution in [0.3, 0.4) is 0 Å². The van der Waals surface area contributed by atoms with Crippen molar-refractivity contribution in [2.24, 2.45) is 0 Å². The molecule has 0 unspecified atom stereocenters. The molecular weight excluding hydrogens is 452 g/mol. The molecular formula is C33H26N4. The molecule has 4 heteroatoms. The zero-order chi connectivity index (χ0) is 25.0. The van der Waals surface area contributed by atoms with Gasteiger partial charge in [-0.25, -0.2) is 15.0 Å². The quantitative estimate of drug-likeness (QED) is 0.256. The second kappa shape index (κ2) is 10.0. The third-order valence-corrected chi connectivity index (χ3v) is 6.56. The lowest BCUT2D eigenvalue weighted by molar-refractivity contribution is 1.04. The van der Waals surface area contributed by atoms with Gasteiger partial charge in [-0.05, 0) is 42.1 Å². The Kier molecular flexibility index (Phi) is 6.14. The molecule has 0 atom stereocenters. The Balaban J connectivity index is 1.39. The summed E-state index contributed by atoms with van der Waals surface area (Å²) < 4.78 is 0. The van der Waals surface area contributed by atoms with Crippen LogP contribution in [0.5, 0.6) is 0 Å². The van der Waals surface area contributed by atoms with Crippen LogP contribution in [-0.4, -0.2) is 22.0 Å². The SMILES string of the molecule is CN(c1ccc(-c2nc(C3=CCC=CC=C3)nc(-c3ccccc3)n2)cc1)c1cccc2ccccc12. The Morgan fingerprint density at radius 2 is 1.30 bits per heavy atom. The van der Waals surface area contributed by atoms with Crippen molar-refractivity contribution in [3.8, 4) is 22.8 Å². The van der Waals surface area contributed by atoms with E-state index in [2.05, 4.69) is 103 Å². The normalized spacial score (nSPS) is 12.8. The van der Waals surface area contributed by atoms with Gasteiger partial charge < -0.3 is 4.90 Å². The average molecular weight is 479 g/mol. The number of hydrogen-bond acceptors (Lipinski definition) is 4. The number of aromatic nitrogens is 3. The first-order chi connectivity index (χ1) is 18.3. The van der Waals surface area contributed by atoms with Gasteiger partial charge in [-0.3, -0.25) is 0 Å². The maximum atomic E-state index is 4.88. The van der Waals surface area contributed by atoms with Gasteiger partial charge in [0.25, 0.3) is 0 Å². The van der Waals surface area contributed by atoms with Gasteiger partial charge in [0, 0.05) is 40.5 Å². The van der Waals surface area contributed by atoms with E-state index in [1.165, 1.54) is 16.5 Å². The van der Waals surface area contributed by atoms with E-state index < -0.39 is 0 Å². The van der Waals surface area contributed by atoms with Crippen LogP contribution in [0.1, 0.15) is 12.2 Å². The highest BCUT2D eigenvalue weighted by atomic mass is 15.1. The number of fused-ring (bicyclic) bond motifs is 1. The van der Waals surface area contributed by atoms with Gasteiger partial charge in [-0.15, -0.1) is 0 Å². The van der Waals surface area contributed by atoms with Gasteiger partial charge in [-0.2, -0.15) is 0 Å². The fourth-order valence-electron chi connectivity index (χ4n) is 4.57. The van der Waals surface area contributed by atoms with Gasteiger partial charge in [-0.1, -0.05) is 97.1 Å². The van der Waals surface area contributed by atoms with Crippen LogP contribution in [0.15, 0.2) is 127 Å². The third kappa shape index (κ3) is 4.69. The molecule has 0 radical (unpaired) electrons. The minimum atomic E-state index is 0.662. The summed E-state index contributed by atoms with van der Waals surface area (Å²) in [6.45, 7) is 0. The molecule has 4 aromatic carbocycles. The Labute approximate surface area is 217 Å². The Bertz CT molecular complexity index is 1640. The minimum absolute atomic E-state index is 0.662. The molecule has 6 rings (SSSR count). The number of allylic oxidation sites excluding steroid dienone is 6. The van der Waals surface area contributed by atoms with Crippen molar-refractivity contribution in [3.05, 3.63) is 133 Å². The van der Waals surface area contributed by atoms with E-state index in [1.807, 2.05) is 36.4 Å². The molecule has 0 bridgehead atoms.